The maximum Gasteiger partial charge on any atom is 0.338 e. The topological polar surface area (TPSA) is 119 Å². The van der Waals surface area contributed by atoms with Crippen LogP contribution in [0.1, 0.15) is 42.8 Å². The fourth-order valence-corrected chi connectivity index (χ4v) is 5.62. The minimum atomic E-state index is -1.07. The molecule has 1 unspecified atom stereocenters. The number of rotatable bonds is 6. The molecule has 0 aliphatic carbocycles. The van der Waals surface area contributed by atoms with Crippen LogP contribution in [0.15, 0.2) is 36.5 Å². The molecule has 3 aromatic rings. The SMILES string of the molecule is CC1(C)OC(=O)C(CC(=S)NC(=O)Nc2cccc(F)c2Oc2ccnc3cc(C(=O)N4CCCC4)sc23)O1. The Kier molecular flexibility index (Phi) is 7.47. The summed E-state index contributed by atoms with van der Waals surface area (Å²) in [6, 6.07) is 6.60. The molecule has 3 amide bonds. The summed E-state index contributed by atoms with van der Waals surface area (Å²) in [6.07, 6.45) is 2.45. The molecule has 5 rings (SSSR count). The number of nitrogens with zero attached hydrogens (tertiary/aromatic N) is 2. The second kappa shape index (κ2) is 10.8. The van der Waals surface area contributed by atoms with E-state index in [2.05, 4.69) is 15.6 Å². The molecule has 39 heavy (non-hydrogen) atoms. The first kappa shape index (κ1) is 26.9. The Morgan fingerprint density at radius 1 is 1.28 bits per heavy atom. The van der Waals surface area contributed by atoms with Gasteiger partial charge in [0, 0.05) is 45.6 Å². The highest BCUT2D eigenvalue weighted by atomic mass is 32.1. The summed E-state index contributed by atoms with van der Waals surface area (Å²) >= 11 is 6.41. The lowest BCUT2D eigenvalue weighted by atomic mass is 10.2. The molecule has 13 heteroatoms. The number of pyridine rings is 1. The van der Waals surface area contributed by atoms with E-state index in [0.717, 1.165) is 25.9 Å². The molecule has 2 N–H and O–H groups in total. The van der Waals surface area contributed by atoms with E-state index in [9.17, 15) is 18.8 Å². The predicted molar refractivity (Wildman–Crippen MR) is 146 cm³/mol. The summed E-state index contributed by atoms with van der Waals surface area (Å²) in [5.74, 6) is -2.37. The van der Waals surface area contributed by atoms with Crippen LogP contribution in [0.4, 0.5) is 14.9 Å². The number of carbonyl (C=O) groups is 3. The number of cyclic esters (lactones) is 1. The third-order valence-corrected chi connectivity index (χ3v) is 7.46. The number of fused-ring (bicyclic) bond motifs is 1. The Labute approximate surface area is 232 Å². The number of amides is 3. The van der Waals surface area contributed by atoms with Crippen LogP contribution in [0.2, 0.25) is 0 Å². The summed E-state index contributed by atoms with van der Waals surface area (Å²) in [7, 11) is 0. The molecule has 2 fully saturated rings. The van der Waals surface area contributed by atoms with Gasteiger partial charge in [0.25, 0.3) is 5.91 Å². The Morgan fingerprint density at radius 3 is 2.77 bits per heavy atom. The Bertz CT molecular complexity index is 1470. The quantitative estimate of drug-likeness (QED) is 0.314. The van der Waals surface area contributed by atoms with Gasteiger partial charge < -0.3 is 29.7 Å². The molecular formula is C26H25FN4O6S2. The van der Waals surface area contributed by atoms with Crippen molar-refractivity contribution in [3.05, 3.63) is 47.2 Å². The largest absolute Gasteiger partial charge is 0.450 e. The van der Waals surface area contributed by atoms with Gasteiger partial charge in [-0.15, -0.1) is 11.3 Å². The van der Waals surface area contributed by atoms with E-state index in [0.29, 0.717) is 15.1 Å². The van der Waals surface area contributed by atoms with Crippen molar-refractivity contribution >= 4 is 62.4 Å². The number of aromatic nitrogens is 1. The Hall–Kier alpha value is -3.68. The van der Waals surface area contributed by atoms with Gasteiger partial charge in [0.1, 0.15) is 5.75 Å². The van der Waals surface area contributed by atoms with Crippen LogP contribution in [-0.4, -0.2) is 57.8 Å². The number of benzene rings is 1. The van der Waals surface area contributed by atoms with Gasteiger partial charge in [0.05, 0.1) is 25.8 Å². The molecule has 4 heterocycles. The van der Waals surface area contributed by atoms with Crippen molar-refractivity contribution in [2.45, 2.75) is 45.0 Å². The molecule has 2 aliphatic heterocycles. The van der Waals surface area contributed by atoms with Crippen LogP contribution < -0.4 is 15.4 Å². The van der Waals surface area contributed by atoms with Crippen LogP contribution in [-0.2, 0) is 14.3 Å². The van der Waals surface area contributed by atoms with Gasteiger partial charge in [-0.2, -0.15) is 0 Å². The monoisotopic (exact) mass is 572 g/mol. The van der Waals surface area contributed by atoms with Crippen LogP contribution in [0, 0.1) is 5.82 Å². The summed E-state index contributed by atoms with van der Waals surface area (Å²) < 4.78 is 32.0. The van der Waals surface area contributed by atoms with Gasteiger partial charge in [-0.1, -0.05) is 18.3 Å². The van der Waals surface area contributed by atoms with Crippen molar-refractivity contribution in [2.24, 2.45) is 0 Å². The van der Waals surface area contributed by atoms with E-state index in [1.54, 1.807) is 30.9 Å². The van der Waals surface area contributed by atoms with Gasteiger partial charge in [-0.3, -0.25) is 9.78 Å². The molecule has 0 saturated carbocycles. The second-order valence-electron chi connectivity index (χ2n) is 9.49. The number of thiocarbonyl (C=S) groups is 1. The average molecular weight is 573 g/mol. The van der Waals surface area contributed by atoms with Gasteiger partial charge in [-0.25, -0.2) is 14.0 Å². The molecule has 0 bridgehead atoms. The van der Waals surface area contributed by atoms with Crippen molar-refractivity contribution in [1.82, 2.24) is 15.2 Å². The van der Waals surface area contributed by atoms with Crippen LogP contribution in [0.3, 0.4) is 0 Å². The zero-order valence-corrected chi connectivity index (χ0v) is 22.7. The van der Waals surface area contributed by atoms with Crippen molar-refractivity contribution in [1.29, 1.82) is 0 Å². The highest BCUT2D eigenvalue weighted by Crippen LogP contribution is 2.39. The van der Waals surface area contributed by atoms with Gasteiger partial charge in [0.15, 0.2) is 17.7 Å². The number of para-hydroxylation sites is 1. The van der Waals surface area contributed by atoms with E-state index in [1.807, 2.05) is 0 Å². The van der Waals surface area contributed by atoms with E-state index in [1.165, 1.54) is 35.7 Å². The maximum atomic E-state index is 14.9. The molecule has 10 nitrogen and oxygen atoms in total. The zero-order chi connectivity index (χ0) is 27.7. The normalized spacial score (nSPS) is 18.2. The lowest BCUT2D eigenvalue weighted by Crippen LogP contribution is -2.36. The molecule has 204 valence electrons. The molecule has 2 saturated heterocycles. The van der Waals surface area contributed by atoms with Crippen LogP contribution in [0.5, 0.6) is 11.5 Å². The minimum Gasteiger partial charge on any atom is -0.450 e. The molecule has 2 aromatic heterocycles. The summed E-state index contributed by atoms with van der Waals surface area (Å²) in [5.41, 5.74) is 0.590. The number of nitrogens with one attached hydrogen (secondary N) is 2. The second-order valence-corrected chi connectivity index (χ2v) is 11.0. The number of hydrogen-bond donors (Lipinski definition) is 2. The fraction of sp³-hybridized carbons (Fsp3) is 0.346. The van der Waals surface area contributed by atoms with Crippen molar-refractivity contribution < 1.29 is 33.0 Å². The van der Waals surface area contributed by atoms with E-state index >= 15 is 0 Å². The van der Waals surface area contributed by atoms with Crippen molar-refractivity contribution in [3.63, 3.8) is 0 Å². The number of likely N-dealkylation sites (tertiary alicyclic amines) is 1. The van der Waals surface area contributed by atoms with E-state index in [4.69, 9.17) is 26.4 Å². The first-order valence-corrected chi connectivity index (χ1v) is 13.5. The standard InChI is InChI=1S/C26H25FN4O6S2/c1-26(2)36-18(24(33)37-26)13-20(38)30-25(34)29-15-7-5-6-14(27)21(15)35-17-8-9-28-16-12-19(39-22(16)17)23(32)31-10-3-4-11-31/h5-9,12,18H,3-4,10-11,13H2,1-2H3,(H2,29,30,34,38). The van der Waals surface area contributed by atoms with Crippen LogP contribution in [0.25, 0.3) is 10.2 Å². The summed E-state index contributed by atoms with van der Waals surface area (Å²) in [5, 5.41) is 4.98. The highest BCUT2D eigenvalue weighted by Gasteiger charge is 2.41. The molecule has 1 atom stereocenters. The molecule has 0 radical (unpaired) electrons. The molecule has 2 aliphatic rings. The molecular weight excluding hydrogens is 547 g/mol. The van der Waals surface area contributed by atoms with E-state index in [-0.39, 0.29) is 34.5 Å². The predicted octanol–water partition coefficient (Wildman–Crippen LogP) is 4.98. The number of thiophene rings is 1. The molecule has 1 aromatic carbocycles. The maximum absolute atomic E-state index is 14.9. The smallest absolute Gasteiger partial charge is 0.338 e. The lowest BCUT2D eigenvalue weighted by molar-refractivity contribution is -0.160. The number of urea groups is 1. The number of halogens is 1. The van der Waals surface area contributed by atoms with Crippen molar-refractivity contribution in [3.8, 4) is 11.5 Å². The average Bonchev–Trinajstić information content (AvgIpc) is 3.60. The number of carbonyl (C=O) groups excluding carboxylic acids is 3. The summed E-state index contributed by atoms with van der Waals surface area (Å²) in [4.78, 5) is 44.1. The first-order chi connectivity index (χ1) is 18.6. The fourth-order valence-electron chi connectivity index (χ4n) is 4.34. The first-order valence-electron chi connectivity index (χ1n) is 12.3. The Balaban J connectivity index is 1.30. The molecule has 0 spiro atoms. The lowest BCUT2D eigenvalue weighted by Gasteiger charge is -2.16. The number of anilines is 1. The Morgan fingerprint density at radius 2 is 2.05 bits per heavy atom. The summed E-state index contributed by atoms with van der Waals surface area (Å²) in [6.45, 7) is 4.63. The highest BCUT2D eigenvalue weighted by molar-refractivity contribution is 7.80. The minimum absolute atomic E-state index is 0.0376. The zero-order valence-electron chi connectivity index (χ0n) is 21.1. The number of esters is 1. The third-order valence-electron chi connectivity index (χ3n) is 6.07. The van der Waals surface area contributed by atoms with Gasteiger partial charge >= 0.3 is 12.0 Å². The van der Waals surface area contributed by atoms with Gasteiger partial charge in [-0.05, 0) is 31.0 Å². The van der Waals surface area contributed by atoms with Crippen LogP contribution >= 0.6 is 23.6 Å². The number of hydrogen-bond acceptors (Lipinski definition) is 9. The number of ether oxygens (including phenoxy) is 3. The van der Waals surface area contributed by atoms with Gasteiger partial charge in [0.2, 0.25) is 5.79 Å². The van der Waals surface area contributed by atoms with Crippen molar-refractivity contribution in [2.75, 3.05) is 18.4 Å². The third kappa shape index (κ3) is 6.00. The van der Waals surface area contributed by atoms with E-state index < -0.39 is 29.7 Å².